The van der Waals surface area contributed by atoms with E-state index in [1.165, 1.54) is 0 Å². The first-order valence-electron chi connectivity index (χ1n) is 5.02. The minimum absolute atomic E-state index is 0.161. The number of aromatic nitrogens is 1. The quantitative estimate of drug-likeness (QED) is 0.825. The van der Waals surface area contributed by atoms with Crippen molar-refractivity contribution in [2.75, 3.05) is 18.6 Å². The lowest BCUT2D eigenvalue weighted by Gasteiger charge is -2.11. The number of hydrogen-bond acceptors (Lipinski definition) is 3. The van der Waals surface area contributed by atoms with E-state index in [1.54, 1.807) is 30.1 Å². The van der Waals surface area contributed by atoms with Crippen LogP contribution < -0.4 is 5.32 Å². The Morgan fingerprint density at radius 2 is 2.44 bits per heavy atom. The summed E-state index contributed by atoms with van der Waals surface area (Å²) in [6.45, 7) is 2.76. The molecule has 1 amide bonds. The second kappa shape index (κ2) is 6.76. The van der Waals surface area contributed by atoms with Gasteiger partial charge < -0.3 is 5.32 Å². The van der Waals surface area contributed by atoms with Gasteiger partial charge in [-0.2, -0.15) is 11.8 Å². The number of nitrogens with one attached hydrogen (secondary N) is 1. The van der Waals surface area contributed by atoms with Crippen molar-refractivity contribution in [3.05, 3.63) is 29.0 Å². The number of halogens is 1. The number of carbonyl (C=O) groups excluding carboxylic acids is 1. The summed E-state index contributed by atoms with van der Waals surface area (Å²) in [4.78, 5) is 15.6. The van der Waals surface area contributed by atoms with E-state index in [4.69, 9.17) is 11.6 Å². The van der Waals surface area contributed by atoms with Crippen molar-refractivity contribution < 1.29 is 4.79 Å². The fourth-order valence-electron chi connectivity index (χ4n) is 1.26. The summed E-state index contributed by atoms with van der Waals surface area (Å²) in [5.41, 5.74) is 0.431. The lowest BCUT2D eigenvalue weighted by Crippen LogP contribution is -2.29. The molecule has 0 spiro atoms. The Morgan fingerprint density at radius 3 is 3.06 bits per heavy atom. The van der Waals surface area contributed by atoms with Crippen LogP contribution in [0.15, 0.2) is 18.3 Å². The number of hydrogen-bond donors (Lipinski definition) is 1. The number of thioether (sulfide) groups is 1. The van der Waals surface area contributed by atoms with Gasteiger partial charge in [0.1, 0.15) is 5.15 Å². The second-order valence-corrected chi connectivity index (χ2v) is 4.88. The molecule has 0 saturated heterocycles. The Bertz CT molecular complexity index is 360. The predicted molar refractivity (Wildman–Crippen MR) is 69.1 cm³/mol. The Balaban J connectivity index is 2.50. The number of pyridine rings is 1. The molecule has 0 fully saturated rings. The molecule has 0 aliphatic rings. The first-order valence-corrected chi connectivity index (χ1v) is 6.80. The molecule has 1 aromatic heterocycles. The molecule has 0 bridgehead atoms. The van der Waals surface area contributed by atoms with Crippen LogP contribution in [0.2, 0.25) is 5.15 Å². The normalized spacial score (nSPS) is 12.2. The van der Waals surface area contributed by atoms with Crippen molar-refractivity contribution in [3.63, 3.8) is 0 Å². The fourth-order valence-corrected chi connectivity index (χ4v) is 2.15. The summed E-state index contributed by atoms with van der Waals surface area (Å²) in [7, 11) is 0. The maximum absolute atomic E-state index is 11.7. The number of carbonyl (C=O) groups is 1. The van der Waals surface area contributed by atoms with E-state index in [9.17, 15) is 4.79 Å². The predicted octanol–water partition coefficient (Wildman–Crippen LogP) is 2.46. The van der Waals surface area contributed by atoms with Crippen LogP contribution in [-0.2, 0) is 0 Å². The van der Waals surface area contributed by atoms with E-state index in [0.29, 0.717) is 18.0 Å². The van der Waals surface area contributed by atoms with E-state index >= 15 is 0 Å². The first-order chi connectivity index (χ1) is 7.65. The van der Waals surface area contributed by atoms with Gasteiger partial charge >= 0.3 is 0 Å². The van der Waals surface area contributed by atoms with Gasteiger partial charge in [-0.15, -0.1) is 0 Å². The molecule has 88 valence electrons. The first kappa shape index (κ1) is 13.3. The third-order valence-electron chi connectivity index (χ3n) is 2.07. The van der Waals surface area contributed by atoms with Crippen LogP contribution in [0, 0.1) is 5.92 Å². The third kappa shape index (κ3) is 4.02. The molecule has 1 unspecified atom stereocenters. The fraction of sp³-hybridized carbons (Fsp3) is 0.455. The monoisotopic (exact) mass is 258 g/mol. The zero-order chi connectivity index (χ0) is 12.0. The molecule has 1 atom stereocenters. The highest BCUT2D eigenvalue weighted by Gasteiger charge is 2.11. The topological polar surface area (TPSA) is 42.0 Å². The SMILES string of the molecule is CSCC(C)CNC(=O)c1cccnc1Cl. The average molecular weight is 259 g/mol. The zero-order valence-corrected chi connectivity index (χ0v) is 10.9. The van der Waals surface area contributed by atoms with Gasteiger partial charge in [-0.1, -0.05) is 18.5 Å². The summed E-state index contributed by atoms with van der Waals surface area (Å²) in [5, 5.41) is 3.10. The minimum Gasteiger partial charge on any atom is -0.352 e. The van der Waals surface area contributed by atoms with Gasteiger partial charge in [0.2, 0.25) is 0 Å². The van der Waals surface area contributed by atoms with Crippen LogP contribution in [-0.4, -0.2) is 29.4 Å². The average Bonchev–Trinajstić information content (AvgIpc) is 2.27. The summed E-state index contributed by atoms with van der Waals surface area (Å²) < 4.78 is 0. The molecule has 0 radical (unpaired) electrons. The Hall–Kier alpha value is -0.740. The molecule has 1 N–H and O–H groups in total. The second-order valence-electron chi connectivity index (χ2n) is 3.61. The van der Waals surface area contributed by atoms with Crippen LogP contribution in [0.1, 0.15) is 17.3 Å². The van der Waals surface area contributed by atoms with Gasteiger partial charge in [0, 0.05) is 12.7 Å². The van der Waals surface area contributed by atoms with Crippen molar-refractivity contribution in [2.24, 2.45) is 5.92 Å². The maximum Gasteiger partial charge on any atom is 0.254 e. The molecule has 3 nitrogen and oxygen atoms in total. The molecule has 1 rings (SSSR count). The molecule has 0 aliphatic heterocycles. The summed E-state index contributed by atoms with van der Waals surface area (Å²) >= 11 is 7.59. The maximum atomic E-state index is 11.7. The van der Waals surface area contributed by atoms with Crippen LogP contribution in [0.4, 0.5) is 0 Å². The molecule has 5 heteroatoms. The van der Waals surface area contributed by atoms with Crippen LogP contribution >= 0.6 is 23.4 Å². The highest BCUT2D eigenvalue weighted by Crippen LogP contribution is 2.11. The van der Waals surface area contributed by atoms with Crippen molar-refractivity contribution in [3.8, 4) is 0 Å². The van der Waals surface area contributed by atoms with E-state index in [-0.39, 0.29) is 11.1 Å². The summed E-state index contributed by atoms with van der Waals surface area (Å²) in [5.74, 6) is 1.32. The number of nitrogens with zero attached hydrogens (tertiary/aromatic N) is 1. The Labute approximate surface area is 105 Å². The summed E-state index contributed by atoms with van der Waals surface area (Å²) in [6, 6.07) is 3.37. The molecule has 1 heterocycles. The highest BCUT2D eigenvalue weighted by atomic mass is 35.5. The van der Waals surface area contributed by atoms with E-state index in [2.05, 4.69) is 23.5 Å². The van der Waals surface area contributed by atoms with Gasteiger partial charge in [-0.05, 0) is 30.1 Å². The minimum atomic E-state index is -0.161. The highest BCUT2D eigenvalue weighted by molar-refractivity contribution is 7.98. The lowest BCUT2D eigenvalue weighted by atomic mass is 10.2. The van der Waals surface area contributed by atoms with Crippen LogP contribution in [0.3, 0.4) is 0 Å². The van der Waals surface area contributed by atoms with Crippen LogP contribution in [0.5, 0.6) is 0 Å². The summed E-state index contributed by atoms with van der Waals surface area (Å²) in [6.07, 6.45) is 3.62. The lowest BCUT2D eigenvalue weighted by molar-refractivity contribution is 0.0949. The van der Waals surface area contributed by atoms with Crippen molar-refractivity contribution >= 4 is 29.3 Å². The van der Waals surface area contributed by atoms with Crippen molar-refractivity contribution in [1.29, 1.82) is 0 Å². The van der Waals surface area contributed by atoms with Gasteiger partial charge in [-0.25, -0.2) is 4.98 Å². The molecular weight excluding hydrogens is 244 g/mol. The van der Waals surface area contributed by atoms with Crippen LogP contribution in [0.25, 0.3) is 0 Å². The molecular formula is C11H15ClN2OS. The number of rotatable bonds is 5. The van der Waals surface area contributed by atoms with E-state index in [0.717, 1.165) is 5.75 Å². The van der Waals surface area contributed by atoms with Crippen molar-refractivity contribution in [1.82, 2.24) is 10.3 Å². The number of amides is 1. The zero-order valence-electron chi connectivity index (χ0n) is 9.37. The molecule has 0 saturated carbocycles. The molecule has 0 aromatic carbocycles. The Kier molecular flexibility index (Phi) is 5.63. The smallest absolute Gasteiger partial charge is 0.254 e. The van der Waals surface area contributed by atoms with Gasteiger partial charge in [-0.3, -0.25) is 4.79 Å². The molecule has 16 heavy (non-hydrogen) atoms. The van der Waals surface area contributed by atoms with E-state index < -0.39 is 0 Å². The standard InChI is InChI=1S/C11H15ClN2OS/c1-8(7-16-2)6-14-11(15)9-4-3-5-13-10(9)12/h3-5,8H,6-7H2,1-2H3,(H,14,15). The third-order valence-corrected chi connectivity index (χ3v) is 3.27. The van der Waals surface area contributed by atoms with Gasteiger partial charge in [0.15, 0.2) is 0 Å². The van der Waals surface area contributed by atoms with E-state index in [1.807, 2.05) is 0 Å². The van der Waals surface area contributed by atoms with Crippen molar-refractivity contribution in [2.45, 2.75) is 6.92 Å². The molecule has 1 aromatic rings. The van der Waals surface area contributed by atoms with Gasteiger partial charge in [0.25, 0.3) is 5.91 Å². The van der Waals surface area contributed by atoms with Gasteiger partial charge in [0.05, 0.1) is 5.56 Å². The largest absolute Gasteiger partial charge is 0.352 e. The Morgan fingerprint density at radius 1 is 1.69 bits per heavy atom. The molecule has 0 aliphatic carbocycles.